The number of aromatic nitrogens is 1. The minimum Gasteiger partial charge on any atom is -0.461 e. The van der Waals surface area contributed by atoms with Crippen molar-refractivity contribution in [3.8, 4) is 0 Å². The molecule has 0 aliphatic heterocycles. The summed E-state index contributed by atoms with van der Waals surface area (Å²) in [7, 11) is 0. The number of aryl methyl sites for hydroxylation is 2. The second-order valence-electron chi connectivity index (χ2n) is 4.89. The highest BCUT2D eigenvalue weighted by Gasteiger charge is 2.13. The van der Waals surface area contributed by atoms with Crippen molar-refractivity contribution in [3.63, 3.8) is 0 Å². The van der Waals surface area contributed by atoms with Crippen molar-refractivity contribution >= 4 is 27.5 Å². The first-order valence-corrected chi connectivity index (χ1v) is 7.96. The highest BCUT2D eigenvalue weighted by atomic mass is 32.1. The molecule has 0 aliphatic carbocycles. The van der Waals surface area contributed by atoms with E-state index in [2.05, 4.69) is 34.6 Å². The number of hydrogen-bond acceptors (Lipinski definition) is 3. The predicted molar refractivity (Wildman–Crippen MR) is 86.0 cm³/mol. The molecule has 0 unspecified atom stereocenters. The average Bonchev–Trinajstić information content (AvgIpc) is 3.07. The molecule has 3 nitrogen and oxygen atoms in total. The number of fused-ring (bicyclic) bond motifs is 1. The van der Waals surface area contributed by atoms with E-state index in [4.69, 9.17) is 4.74 Å². The van der Waals surface area contributed by atoms with Gasteiger partial charge in [0.25, 0.3) is 0 Å². The minimum absolute atomic E-state index is 0.282. The Hall–Kier alpha value is -2.07. The molecule has 21 heavy (non-hydrogen) atoms. The molecular formula is C17H17NO2S. The van der Waals surface area contributed by atoms with Gasteiger partial charge >= 0.3 is 5.97 Å². The van der Waals surface area contributed by atoms with Gasteiger partial charge in [0.1, 0.15) is 5.69 Å². The summed E-state index contributed by atoms with van der Waals surface area (Å²) in [5.74, 6) is -0.282. The molecule has 0 saturated carbocycles. The number of carbonyl (C=O) groups excluding carboxylic acids is 1. The average molecular weight is 299 g/mol. The van der Waals surface area contributed by atoms with Crippen molar-refractivity contribution < 1.29 is 9.53 Å². The van der Waals surface area contributed by atoms with Gasteiger partial charge in [0.2, 0.25) is 0 Å². The fourth-order valence-electron chi connectivity index (χ4n) is 2.39. The van der Waals surface area contributed by atoms with E-state index >= 15 is 0 Å². The summed E-state index contributed by atoms with van der Waals surface area (Å²) >= 11 is 1.67. The van der Waals surface area contributed by atoms with Gasteiger partial charge in [-0.1, -0.05) is 30.3 Å². The number of carbonyl (C=O) groups is 1. The molecule has 0 amide bonds. The van der Waals surface area contributed by atoms with Crippen molar-refractivity contribution in [2.24, 2.45) is 0 Å². The molecule has 2 heterocycles. The molecule has 0 aliphatic rings. The topological polar surface area (TPSA) is 42.1 Å². The van der Waals surface area contributed by atoms with Crippen molar-refractivity contribution in [3.05, 3.63) is 58.6 Å². The van der Waals surface area contributed by atoms with Crippen molar-refractivity contribution in [1.82, 2.24) is 4.98 Å². The van der Waals surface area contributed by atoms with Gasteiger partial charge in [-0.3, -0.25) is 0 Å². The standard InChI is InChI=1S/C17H17NO2S/c1-2-20-17(19)14-10-15-16(18-14)13(11-21-15)9-8-12-6-4-3-5-7-12/h3-7,10-11,18H,2,8-9H2,1H3. The Bertz CT molecular complexity index is 743. The van der Waals surface area contributed by atoms with E-state index in [9.17, 15) is 4.79 Å². The van der Waals surface area contributed by atoms with Crippen molar-refractivity contribution in [1.29, 1.82) is 0 Å². The molecule has 1 aromatic carbocycles. The zero-order valence-corrected chi connectivity index (χ0v) is 12.7. The monoisotopic (exact) mass is 299 g/mol. The minimum atomic E-state index is -0.282. The van der Waals surface area contributed by atoms with Gasteiger partial charge in [-0.05, 0) is 42.3 Å². The zero-order valence-electron chi connectivity index (χ0n) is 11.9. The largest absolute Gasteiger partial charge is 0.461 e. The molecule has 0 atom stereocenters. The lowest BCUT2D eigenvalue weighted by Gasteiger charge is -2.00. The Morgan fingerprint density at radius 1 is 1.24 bits per heavy atom. The third-order valence-corrected chi connectivity index (χ3v) is 4.43. The summed E-state index contributed by atoms with van der Waals surface area (Å²) in [5, 5.41) is 2.17. The number of hydrogen-bond donors (Lipinski definition) is 1. The summed E-state index contributed by atoms with van der Waals surface area (Å²) in [6.45, 7) is 2.21. The molecule has 3 rings (SSSR count). The molecule has 0 radical (unpaired) electrons. The maximum atomic E-state index is 11.8. The SMILES string of the molecule is CCOC(=O)c1cc2scc(CCc3ccccc3)c2[nH]1. The maximum absolute atomic E-state index is 11.8. The summed E-state index contributed by atoms with van der Waals surface area (Å²) in [6.07, 6.45) is 1.97. The van der Waals surface area contributed by atoms with E-state index in [0.29, 0.717) is 12.3 Å². The van der Waals surface area contributed by atoms with E-state index in [0.717, 1.165) is 23.1 Å². The first-order chi connectivity index (χ1) is 10.3. The van der Waals surface area contributed by atoms with E-state index in [1.807, 2.05) is 19.1 Å². The summed E-state index contributed by atoms with van der Waals surface area (Å²) in [5.41, 5.74) is 4.20. The fourth-order valence-corrected chi connectivity index (χ4v) is 3.38. The molecule has 0 spiro atoms. The van der Waals surface area contributed by atoms with E-state index in [1.165, 1.54) is 11.1 Å². The van der Waals surface area contributed by atoms with Crippen molar-refractivity contribution in [2.75, 3.05) is 6.61 Å². The van der Waals surface area contributed by atoms with Crippen LogP contribution in [0.3, 0.4) is 0 Å². The van der Waals surface area contributed by atoms with E-state index < -0.39 is 0 Å². The summed E-state index contributed by atoms with van der Waals surface area (Å²) < 4.78 is 6.14. The Labute approximate surface area is 127 Å². The molecule has 3 aromatic rings. The first-order valence-electron chi connectivity index (χ1n) is 7.08. The van der Waals surface area contributed by atoms with Gasteiger partial charge in [0, 0.05) is 0 Å². The second kappa shape index (κ2) is 6.14. The van der Waals surface area contributed by atoms with Gasteiger partial charge in [0.15, 0.2) is 0 Å². The maximum Gasteiger partial charge on any atom is 0.354 e. The van der Waals surface area contributed by atoms with Gasteiger partial charge in [-0.25, -0.2) is 4.79 Å². The van der Waals surface area contributed by atoms with Crippen LogP contribution in [0, 0.1) is 0 Å². The number of H-pyrrole nitrogens is 1. The molecule has 2 aromatic heterocycles. The van der Waals surface area contributed by atoms with Crippen LogP contribution in [0.15, 0.2) is 41.8 Å². The highest BCUT2D eigenvalue weighted by Crippen LogP contribution is 2.27. The number of aromatic amines is 1. The first kappa shape index (κ1) is 13.9. The number of ether oxygens (including phenoxy) is 1. The number of rotatable bonds is 5. The molecule has 0 fully saturated rings. The number of benzene rings is 1. The number of nitrogens with one attached hydrogen (secondary N) is 1. The van der Waals surface area contributed by atoms with Crippen LogP contribution in [0.4, 0.5) is 0 Å². The van der Waals surface area contributed by atoms with Crippen LogP contribution in [0.2, 0.25) is 0 Å². The molecule has 1 N–H and O–H groups in total. The van der Waals surface area contributed by atoms with Gasteiger partial charge in [0.05, 0.1) is 16.8 Å². The second-order valence-corrected chi connectivity index (χ2v) is 5.80. The summed E-state index contributed by atoms with van der Waals surface area (Å²) in [6, 6.07) is 12.3. The van der Waals surface area contributed by atoms with Gasteiger partial charge in [-0.15, -0.1) is 11.3 Å². The Morgan fingerprint density at radius 2 is 2.05 bits per heavy atom. The predicted octanol–water partition coefficient (Wildman–Crippen LogP) is 4.19. The van der Waals surface area contributed by atoms with Crippen LogP contribution >= 0.6 is 11.3 Å². The van der Waals surface area contributed by atoms with Crippen LogP contribution in [0.25, 0.3) is 10.2 Å². The fraction of sp³-hybridized carbons (Fsp3) is 0.235. The molecule has 4 heteroatoms. The molecule has 108 valence electrons. The van der Waals surface area contributed by atoms with Crippen LogP contribution in [-0.2, 0) is 17.6 Å². The number of esters is 1. The Morgan fingerprint density at radius 3 is 2.81 bits per heavy atom. The Balaban J connectivity index is 1.78. The highest BCUT2D eigenvalue weighted by molar-refractivity contribution is 7.17. The third-order valence-electron chi connectivity index (χ3n) is 3.45. The lowest BCUT2D eigenvalue weighted by Crippen LogP contribution is -2.04. The van der Waals surface area contributed by atoms with Crippen molar-refractivity contribution in [2.45, 2.75) is 19.8 Å². The summed E-state index contributed by atoms with van der Waals surface area (Å²) in [4.78, 5) is 15.0. The third kappa shape index (κ3) is 3.00. The van der Waals surface area contributed by atoms with E-state index in [-0.39, 0.29) is 5.97 Å². The molecule has 0 bridgehead atoms. The number of thiophene rings is 1. The zero-order chi connectivity index (χ0) is 14.7. The molecular weight excluding hydrogens is 282 g/mol. The van der Waals surface area contributed by atoms with Gasteiger partial charge < -0.3 is 9.72 Å². The molecule has 0 saturated heterocycles. The quantitative estimate of drug-likeness (QED) is 0.718. The van der Waals surface area contributed by atoms with Crippen LogP contribution < -0.4 is 0 Å². The van der Waals surface area contributed by atoms with Gasteiger partial charge in [-0.2, -0.15) is 0 Å². The van der Waals surface area contributed by atoms with Crippen LogP contribution in [0.5, 0.6) is 0 Å². The lowest BCUT2D eigenvalue weighted by molar-refractivity contribution is 0.0520. The smallest absolute Gasteiger partial charge is 0.354 e. The van der Waals surface area contributed by atoms with Crippen LogP contribution in [-0.4, -0.2) is 17.6 Å². The van der Waals surface area contributed by atoms with E-state index in [1.54, 1.807) is 11.3 Å². The Kier molecular flexibility index (Phi) is 4.06. The van der Waals surface area contributed by atoms with Crippen LogP contribution in [0.1, 0.15) is 28.5 Å². The lowest BCUT2D eigenvalue weighted by atomic mass is 10.1. The normalized spacial score (nSPS) is 10.9.